The van der Waals surface area contributed by atoms with Gasteiger partial charge in [-0.25, -0.2) is 9.97 Å². The molecule has 0 aliphatic heterocycles. The predicted octanol–water partition coefficient (Wildman–Crippen LogP) is 12.9. The van der Waals surface area contributed by atoms with Gasteiger partial charge in [0.05, 0.1) is 37.5 Å². The van der Waals surface area contributed by atoms with E-state index in [4.69, 9.17) is 17.3 Å². The van der Waals surface area contributed by atoms with Crippen LogP contribution in [0.15, 0.2) is 182 Å². The number of pyridine rings is 2. The molecular weight excluding hydrogens is 605 g/mol. The monoisotopic (exact) mass is 645 g/mol. The summed E-state index contributed by atoms with van der Waals surface area (Å²) in [6, 6.07) is 32.6. The third-order valence-electron chi connectivity index (χ3n) is 9.25. The Labute approximate surface area is 305 Å². The zero-order valence-corrected chi connectivity index (χ0v) is 26.4. The van der Waals surface area contributed by atoms with Crippen molar-refractivity contribution in [1.82, 2.24) is 9.97 Å². The van der Waals surface area contributed by atoms with Crippen LogP contribution >= 0.6 is 0 Å². The van der Waals surface area contributed by atoms with Crippen LogP contribution in [0.25, 0.3) is 98.9 Å². The Morgan fingerprint density at radius 2 is 0.800 bits per heavy atom. The molecule has 0 saturated heterocycles. The lowest BCUT2D eigenvalue weighted by molar-refractivity contribution is 1.37. The van der Waals surface area contributed by atoms with Crippen molar-refractivity contribution in [1.29, 1.82) is 0 Å². The van der Waals surface area contributed by atoms with E-state index in [1.807, 2.05) is 78.9 Å². The molecule has 0 radical (unpaired) electrons. The normalized spacial score (nSPS) is 14.7. The van der Waals surface area contributed by atoms with Crippen LogP contribution in [0.1, 0.15) is 15.1 Å². The highest BCUT2D eigenvalue weighted by Gasteiger charge is 2.19. The summed E-state index contributed by atoms with van der Waals surface area (Å²) in [6.45, 7) is 0. The van der Waals surface area contributed by atoms with Gasteiger partial charge < -0.3 is 0 Å². The van der Waals surface area contributed by atoms with Crippen molar-refractivity contribution >= 4 is 54.1 Å². The van der Waals surface area contributed by atoms with Crippen molar-refractivity contribution in [3.05, 3.63) is 182 Å². The summed E-state index contributed by atoms with van der Waals surface area (Å²) in [5.74, 6) is 0. The highest BCUT2D eigenvalue weighted by Crippen LogP contribution is 2.46. The SMILES string of the molecule is [2H]c1c([2H])c([2H])c(-c2nc3c(c([2H])c2[2H])c([2H])c([2H])c2c([2H])c([2H])c(-c4ccc(-c5c6ccccc6c(-c6ccccc6)c6ccccc56)c5ccccc45)nc23)c([2H])c1[2H]. The number of nitrogens with zero attached hydrogens (tertiary/aromatic N) is 2. The summed E-state index contributed by atoms with van der Waals surface area (Å²) >= 11 is 0. The molecule has 232 valence electrons. The van der Waals surface area contributed by atoms with E-state index in [0.717, 1.165) is 54.6 Å². The van der Waals surface area contributed by atoms with Gasteiger partial charge in [0, 0.05) is 21.9 Å². The van der Waals surface area contributed by atoms with Crippen molar-refractivity contribution in [3.8, 4) is 44.8 Å². The van der Waals surface area contributed by atoms with Crippen molar-refractivity contribution in [2.75, 3.05) is 0 Å². The third kappa shape index (κ3) is 4.50. The van der Waals surface area contributed by atoms with E-state index in [1.165, 1.54) is 0 Å². The van der Waals surface area contributed by atoms with Gasteiger partial charge in [-0.3, -0.25) is 0 Å². The van der Waals surface area contributed by atoms with Crippen LogP contribution in [0, 0.1) is 0 Å². The van der Waals surface area contributed by atoms with Gasteiger partial charge >= 0.3 is 0 Å². The molecule has 0 amide bonds. The third-order valence-corrected chi connectivity index (χ3v) is 9.25. The Balaban J connectivity index is 1.27. The first-order valence-corrected chi connectivity index (χ1v) is 16.2. The quantitative estimate of drug-likeness (QED) is 0.141. The Hall–Kier alpha value is -6.64. The molecule has 2 nitrogen and oxygen atoms in total. The topological polar surface area (TPSA) is 25.8 Å². The number of hydrogen-bond donors (Lipinski definition) is 0. The second kappa shape index (κ2) is 11.5. The molecule has 0 bridgehead atoms. The lowest BCUT2D eigenvalue weighted by Crippen LogP contribution is -1.94. The largest absolute Gasteiger partial charge is 0.245 e. The lowest BCUT2D eigenvalue weighted by Gasteiger charge is -2.19. The van der Waals surface area contributed by atoms with Crippen LogP contribution in [0.2, 0.25) is 0 Å². The van der Waals surface area contributed by atoms with Crippen molar-refractivity contribution in [2.24, 2.45) is 0 Å². The minimum Gasteiger partial charge on any atom is -0.245 e. The molecule has 0 spiro atoms. The van der Waals surface area contributed by atoms with E-state index in [2.05, 4.69) is 41.4 Å². The zero-order valence-electron chi connectivity index (χ0n) is 37.4. The van der Waals surface area contributed by atoms with E-state index in [-0.39, 0.29) is 33.5 Å². The fraction of sp³-hybridized carbons (Fsp3) is 0. The molecule has 2 heterocycles. The van der Waals surface area contributed by atoms with Crippen LogP contribution in [-0.2, 0) is 0 Å². The van der Waals surface area contributed by atoms with E-state index < -0.39 is 71.7 Å². The molecule has 2 aromatic heterocycles. The molecule has 0 N–H and O–H groups in total. The van der Waals surface area contributed by atoms with E-state index in [9.17, 15) is 2.74 Å². The number of rotatable bonds is 4. The Morgan fingerprint density at radius 3 is 1.42 bits per heavy atom. The summed E-state index contributed by atoms with van der Waals surface area (Å²) in [6.07, 6.45) is 0. The highest BCUT2D eigenvalue weighted by molar-refractivity contribution is 6.24. The summed E-state index contributed by atoms with van der Waals surface area (Å²) < 4.78 is 95.9. The summed E-state index contributed by atoms with van der Waals surface area (Å²) in [4.78, 5) is 9.51. The molecule has 0 aliphatic rings. The van der Waals surface area contributed by atoms with Gasteiger partial charge in [0.25, 0.3) is 0 Å². The fourth-order valence-electron chi connectivity index (χ4n) is 7.07. The average Bonchev–Trinajstić information content (AvgIpc) is 3.28. The van der Waals surface area contributed by atoms with E-state index >= 15 is 0 Å². The van der Waals surface area contributed by atoms with Crippen molar-refractivity contribution in [3.63, 3.8) is 0 Å². The Bertz CT molecular complexity index is 3470. The smallest absolute Gasteiger partial charge is 0.0972 e. The molecule has 8 aromatic carbocycles. The van der Waals surface area contributed by atoms with Gasteiger partial charge in [-0.2, -0.15) is 0 Å². The maximum atomic E-state index is 9.29. The van der Waals surface area contributed by atoms with E-state index in [1.54, 1.807) is 0 Å². The first-order chi connectivity index (χ1) is 29.4. The van der Waals surface area contributed by atoms with Gasteiger partial charge in [-0.1, -0.05) is 170 Å². The number of hydrogen-bond acceptors (Lipinski definition) is 2. The first kappa shape index (κ1) is 19.4. The maximum Gasteiger partial charge on any atom is 0.0972 e. The molecular formula is C48H30N2. The minimum absolute atomic E-state index is 0.0838. The fourth-order valence-corrected chi connectivity index (χ4v) is 7.07. The molecule has 0 aliphatic carbocycles. The van der Waals surface area contributed by atoms with Crippen LogP contribution in [0.3, 0.4) is 0 Å². The van der Waals surface area contributed by atoms with Crippen LogP contribution in [0.5, 0.6) is 0 Å². The number of aromatic nitrogens is 2. The minimum atomic E-state index is -0.646. The second-order valence-electron chi connectivity index (χ2n) is 12.0. The van der Waals surface area contributed by atoms with E-state index in [0.29, 0.717) is 5.56 Å². The van der Waals surface area contributed by atoms with Crippen molar-refractivity contribution < 1.29 is 15.1 Å². The molecule has 2 heteroatoms. The summed E-state index contributed by atoms with van der Waals surface area (Å²) in [5.41, 5.74) is 3.75. The highest BCUT2D eigenvalue weighted by atomic mass is 14.8. The Morgan fingerprint density at radius 1 is 0.340 bits per heavy atom. The first-order valence-electron chi connectivity index (χ1n) is 21.7. The van der Waals surface area contributed by atoms with Crippen molar-refractivity contribution in [2.45, 2.75) is 0 Å². The summed E-state index contributed by atoms with van der Waals surface area (Å²) in [5, 5.41) is 5.49. The van der Waals surface area contributed by atoms with Gasteiger partial charge in [0.2, 0.25) is 0 Å². The molecule has 10 aromatic rings. The summed E-state index contributed by atoms with van der Waals surface area (Å²) in [7, 11) is 0. The molecule has 0 atom stereocenters. The number of fused-ring (bicyclic) bond motifs is 6. The standard InChI is InChI=1S/C48H30N2/c1-3-13-31(14-4-1)43-29-25-33-23-24-34-26-30-44(50-48(34)47(33)49-43)37-27-28-42(36-18-8-7-17-35(36)37)46-40-21-11-9-19-38(40)45(32-15-5-2-6-16-32)39-20-10-12-22-41(39)46/h1-30H/i1D,3D,4D,13D,14D,23D,24D,25D,26D,29D,30D. The molecule has 50 heavy (non-hydrogen) atoms. The lowest BCUT2D eigenvalue weighted by atomic mass is 9.84. The Kier molecular flexibility index (Phi) is 4.46. The number of benzene rings is 8. The molecule has 0 unspecified atom stereocenters. The maximum absolute atomic E-state index is 9.29. The molecule has 0 fully saturated rings. The van der Waals surface area contributed by atoms with Gasteiger partial charge in [-0.15, -0.1) is 0 Å². The zero-order chi connectivity index (χ0) is 42.6. The predicted molar refractivity (Wildman–Crippen MR) is 211 cm³/mol. The van der Waals surface area contributed by atoms with Gasteiger partial charge in [0.1, 0.15) is 0 Å². The molecule has 0 saturated carbocycles. The van der Waals surface area contributed by atoms with Crippen LogP contribution < -0.4 is 0 Å². The van der Waals surface area contributed by atoms with Crippen LogP contribution in [0.4, 0.5) is 0 Å². The second-order valence-corrected chi connectivity index (χ2v) is 12.0. The molecule has 10 rings (SSSR count). The average molecular weight is 646 g/mol. The van der Waals surface area contributed by atoms with Gasteiger partial charge in [-0.05, 0) is 66.7 Å². The van der Waals surface area contributed by atoms with Crippen LogP contribution in [-0.4, -0.2) is 9.97 Å². The van der Waals surface area contributed by atoms with Gasteiger partial charge in [0.15, 0.2) is 0 Å².